The third-order valence-corrected chi connectivity index (χ3v) is 8.59. The molecule has 1 unspecified atom stereocenters. The number of nitrogens with zero attached hydrogens (tertiary/aromatic N) is 1. The molecule has 2 heterocycles. The molecule has 6 nitrogen and oxygen atoms in total. The molecule has 3 atom stereocenters. The molecule has 8 heteroatoms. The van der Waals surface area contributed by atoms with E-state index in [0.717, 1.165) is 26.9 Å². The molecule has 2 aliphatic rings. The summed E-state index contributed by atoms with van der Waals surface area (Å²) >= 11 is 5.07. The van der Waals surface area contributed by atoms with Gasteiger partial charge in [0.1, 0.15) is 4.88 Å². The second-order valence-corrected chi connectivity index (χ2v) is 10.0. The molecule has 1 aliphatic carbocycles. The van der Waals surface area contributed by atoms with E-state index in [1.807, 2.05) is 36.9 Å². The number of carbonyl (C=O) groups is 3. The van der Waals surface area contributed by atoms with Crippen LogP contribution >= 0.6 is 27.3 Å². The Morgan fingerprint density at radius 1 is 1.23 bits per heavy atom. The molecule has 158 valence electrons. The maximum Gasteiger partial charge on any atom is 0.265 e. The third kappa shape index (κ3) is 3.78. The van der Waals surface area contributed by atoms with Crippen LogP contribution in [-0.2, 0) is 16.0 Å². The summed E-state index contributed by atoms with van der Waals surface area (Å²) in [6, 6.07) is 7.80. The number of fused-ring (bicyclic) bond motifs is 1. The van der Waals surface area contributed by atoms with Gasteiger partial charge in [-0.3, -0.25) is 14.4 Å². The van der Waals surface area contributed by atoms with Crippen molar-refractivity contribution in [3.63, 3.8) is 0 Å². The molecule has 0 bridgehead atoms. The zero-order chi connectivity index (χ0) is 21.6. The van der Waals surface area contributed by atoms with E-state index in [9.17, 15) is 14.4 Å². The van der Waals surface area contributed by atoms with Gasteiger partial charge in [-0.25, -0.2) is 0 Å². The van der Waals surface area contributed by atoms with Gasteiger partial charge in [0.05, 0.1) is 17.9 Å². The van der Waals surface area contributed by atoms with Crippen LogP contribution in [0, 0.1) is 25.7 Å². The van der Waals surface area contributed by atoms with Crippen molar-refractivity contribution in [1.29, 1.82) is 0 Å². The van der Waals surface area contributed by atoms with Gasteiger partial charge >= 0.3 is 0 Å². The number of amides is 3. The van der Waals surface area contributed by atoms with E-state index in [-0.39, 0.29) is 29.7 Å². The minimum absolute atomic E-state index is 0.0294. The van der Waals surface area contributed by atoms with E-state index < -0.39 is 5.91 Å². The fourth-order valence-electron chi connectivity index (χ4n) is 4.11. The number of hydrogen-bond donors (Lipinski definition) is 2. The highest BCUT2D eigenvalue weighted by Crippen LogP contribution is 2.39. The molecule has 3 amide bonds. The van der Waals surface area contributed by atoms with Crippen molar-refractivity contribution in [2.75, 3.05) is 13.1 Å². The van der Waals surface area contributed by atoms with Gasteiger partial charge < -0.3 is 16.0 Å². The first-order valence-electron chi connectivity index (χ1n) is 10.0. The van der Waals surface area contributed by atoms with Gasteiger partial charge in [0.25, 0.3) is 5.91 Å². The third-order valence-electron chi connectivity index (χ3n) is 6.14. The number of aryl methyl sites for hydroxylation is 1. The predicted molar refractivity (Wildman–Crippen MR) is 119 cm³/mol. The number of rotatable bonds is 5. The van der Waals surface area contributed by atoms with Crippen LogP contribution in [0.4, 0.5) is 0 Å². The predicted octanol–water partition coefficient (Wildman–Crippen LogP) is 3.10. The van der Waals surface area contributed by atoms with E-state index in [4.69, 9.17) is 5.73 Å². The van der Waals surface area contributed by atoms with Crippen molar-refractivity contribution in [1.82, 2.24) is 10.2 Å². The zero-order valence-corrected chi connectivity index (χ0v) is 19.3. The Hall–Kier alpha value is -2.19. The first kappa shape index (κ1) is 21.1. The fraction of sp³-hybridized carbons (Fsp3) is 0.409. The molecule has 0 spiro atoms. The van der Waals surface area contributed by atoms with E-state index in [1.54, 1.807) is 0 Å². The minimum Gasteiger partial charge on any atom is -0.369 e. The molecule has 3 N–H and O–H groups in total. The molecule has 4 rings (SSSR count). The van der Waals surface area contributed by atoms with Crippen molar-refractivity contribution < 1.29 is 14.4 Å². The van der Waals surface area contributed by atoms with Crippen LogP contribution in [0.25, 0.3) is 0 Å². The lowest BCUT2D eigenvalue weighted by Gasteiger charge is -2.37. The molecule has 1 fully saturated rings. The van der Waals surface area contributed by atoms with E-state index in [0.29, 0.717) is 24.4 Å². The van der Waals surface area contributed by atoms with Crippen molar-refractivity contribution in [3.8, 4) is 0 Å². The summed E-state index contributed by atoms with van der Waals surface area (Å²) in [4.78, 5) is 40.9. The van der Waals surface area contributed by atoms with Gasteiger partial charge in [-0.2, -0.15) is 0 Å². The van der Waals surface area contributed by atoms with Crippen molar-refractivity contribution in [2.24, 2.45) is 17.6 Å². The highest BCUT2D eigenvalue weighted by Gasteiger charge is 2.47. The zero-order valence-electron chi connectivity index (χ0n) is 16.9. The number of nitrogens with one attached hydrogen (secondary N) is 1. The first-order valence-corrected chi connectivity index (χ1v) is 11.6. The second-order valence-electron chi connectivity index (χ2n) is 7.99. The lowest BCUT2D eigenvalue weighted by Crippen LogP contribution is -2.45. The van der Waals surface area contributed by atoms with E-state index in [1.165, 1.54) is 16.9 Å². The van der Waals surface area contributed by atoms with Gasteiger partial charge in [0.15, 0.2) is 0 Å². The Balaban J connectivity index is 1.58. The number of primary amides is 1. The van der Waals surface area contributed by atoms with Crippen LogP contribution < -0.4 is 11.1 Å². The maximum atomic E-state index is 13.5. The first-order chi connectivity index (χ1) is 14.3. The standard InChI is InChI=1S/C22H24BrN3O3S/c1-11-12(2)30-19(18(11)23)22(29)26-8-7-13-5-3-4-6-14(13)17(26)10-25-21(28)16-9-15(16)20(24)27/h3-6,15-17H,7-10H2,1-2H3,(H2,24,27)(H,25,28)/t15-,16+,17?/m0/s1. The number of benzene rings is 1. The van der Waals surface area contributed by atoms with Crippen LogP contribution in [-0.4, -0.2) is 35.7 Å². The Morgan fingerprint density at radius 3 is 2.60 bits per heavy atom. The van der Waals surface area contributed by atoms with Gasteiger partial charge in [0, 0.05) is 22.4 Å². The molecule has 0 saturated heterocycles. The molecule has 1 saturated carbocycles. The quantitative estimate of drug-likeness (QED) is 0.675. The van der Waals surface area contributed by atoms with Crippen LogP contribution in [0.1, 0.15) is 43.7 Å². The number of nitrogens with two attached hydrogens (primary N) is 1. The fourth-order valence-corrected chi connectivity index (χ4v) is 5.96. The van der Waals surface area contributed by atoms with Crippen molar-refractivity contribution in [3.05, 3.63) is 55.2 Å². The van der Waals surface area contributed by atoms with Gasteiger partial charge in [0.2, 0.25) is 11.8 Å². The lowest BCUT2D eigenvalue weighted by atomic mass is 9.92. The lowest BCUT2D eigenvalue weighted by molar-refractivity contribution is -0.126. The van der Waals surface area contributed by atoms with Gasteiger partial charge in [-0.05, 0) is 59.3 Å². The largest absolute Gasteiger partial charge is 0.369 e. The summed E-state index contributed by atoms with van der Waals surface area (Å²) in [5, 5.41) is 2.96. The summed E-state index contributed by atoms with van der Waals surface area (Å²) in [5.74, 6) is -1.34. The normalized spacial score (nSPS) is 22.4. The maximum absolute atomic E-state index is 13.5. The van der Waals surface area contributed by atoms with E-state index >= 15 is 0 Å². The molecule has 0 radical (unpaired) electrons. The Bertz CT molecular complexity index is 1030. The number of hydrogen-bond acceptors (Lipinski definition) is 4. The SMILES string of the molecule is Cc1sc(C(=O)N2CCc3ccccc3C2CNC(=O)[C@@H]2C[C@@H]2C(N)=O)c(Br)c1C. The molecular formula is C22H24BrN3O3S. The average molecular weight is 490 g/mol. The van der Waals surface area contributed by atoms with Crippen LogP contribution in [0.15, 0.2) is 28.7 Å². The highest BCUT2D eigenvalue weighted by molar-refractivity contribution is 9.10. The van der Waals surface area contributed by atoms with Gasteiger partial charge in [-0.15, -0.1) is 11.3 Å². The molecule has 2 aromatic rings. The smallest absolute Gasteiger partial charge is 0.265 e. The Kier molecular flexibility index (Phi) is 5.72. The molecule has 30 heavy (non-hydrogen) atoms. The Morgan fingerprint density at radius 2 is 1.97 bits per heavy atom. The summed E-state index contributed by atoms with van der Waals surface area (Å²) in [7, 11) is 0. The molecular weight excluding hydrogens is 466 g/mol. The van der Waals surface area contributed by atoms with Crippen molar-refractivity contribution >= 4 is 45.0 Å². The van der Waals surface area contributed by atoms with Crippen LogP contribution in [0.3, 0.4) is 0 Å². The molecule has 1 aromatic heterocycles. The topological polar surface area (TPSA) is 92.5 Å². The van der Waals surface area contributed by atoms with Crippen LogP contribution in [0.2, 0.25) is 0 Å². The van der Waals surface area contributed by atoms with Crippen LogP contribution in [0.5, 0.6) is 0 Å². The minimum atomic E-state index is -0.428. The average Bonchev–Trinajstić information content (AvgIpc) is 3.50. The second kappa shape index (κ2) is 8.15. The monoisotopic (exact) mass is 489 g/mol. The summed E-state index contributed by atoms with van der Waals surface area (Å²) < 4.78 is 0.846. The molecule has 1 aromatic carbocycles. The number of halogens is 1. The summed E-state index contributed by atoms with van der Waals surface area (Å²) in [6.07, 6.45) is 1.28. The van der Waals surface area contributed by atoms with Gasteiger partial charge in [-0.1, -0.05) is 24.3 Å². The molecule has 1 aliphatic heterocycles. The summed E-state index contributed by atoms with van der Waals surface area (Å²) in [6.45, 7) is 4.91. The summed E-state index contributed by atoms with van der Waals surface area (Å²) in [5.41, 5.74) is 8.64. The Labute approximate surface area is 187 Å². The van der Waals surface area contributed by atoms with E-state index in [2.05, 4.69) is 27.3 Å². The highest BCUT2D eigenvalue weighted by atomic mass is 79.9. The van der Waals surface area contributed by atoms with Crippen molar-refractivity contribution in [2.45, 2.75) is 32.7 Å². The number of thiophene rings is 1. The number of carbonyl (C=O) groups excluding carboxylic acids is 3.